The van der Waals surface area contributed by atoms with Gasteiger partial charge in [-0.1, -0.05) is 45.4 Å². The standard InChI is InChI=1S/C21H31NO2Si/c1-20(2,3)25(4,5)24-18-12-8-9-14-13-17-21(14,18)16-11-7-6-10-15(16)19(23)22-17/h6-7,10-11,14,17-18H,8-9,12-13H2,1-5H3,(H,22,23)/t14?,17-,18-,21+/m1/s1. The van der Waals surface area contributed by atoms with Crippen molar-refractivity contribution in [2.45, 2.75) is 82.1 Å². The van der Waals surface area contributed by atoms with Gasteiger partial charge in [0.15, 0.2) is 8.32 Å². The highest BCUT2D eigenvalue weighted by Crippen LogP contribution is 2.60. The highest BCUT2D eigenvalue weighted by molar-refractivity contribution is 6.74. The van der Waals surface area contributed by atoms with Crippen molar-refractivity contribution in [2.75, 3.05) is 0 Å². The number of carbonyl (C=O) groups is 1. The van der Waals surface area contributed by atoms with Gasteiger partial charge in [0.2, 0.25) is 0 Å². The molecule has 4 rings (SSSR count). The third-order valence-corrected chi connectivity index (χ3v) is 12.0. The molecule has 1 aromatic carbocycles. The second-order valence-corrected chi connectivity index (χ2v) is 14.5. The molecule has 1 unspecified atom stereocenters. The van der Waals surface area contributed by atoms with Gasteiger partial charge < -0.3 is 9.74 Å². The van der Waals surface area contributed by atoms with E-state index in [4.69, 9.17) is 4.43 Å². The lowest BCUT2D eigenvalue weighted by atomic mass is 9.45. The summed E-state index contributed by atoms with van der Waals surface area (Å²) in [5.41, 5.74) is 2.12. The van der Waals surface area contributed by atoms with Crippen molar-refractivity contribution < 1.29 is 9.22 Å². The molecule has 1 aromatic rings. The van der Waals surface area contributed by atoms with Crippen molar-refractivity contribution in [3.8, 4) is 0 Å². The molecule has 1 aliphatic heterocycles. The molecule has 2 fully saturated rings. The number of nitrogens with one attached hydrogen (secondary N) is 1. The Bertz CT molecular complexity index is 708. The number of amides is 1. The summed E-state index contributed by atoms with van der Waals surface area (Å²) in [5.74, 6) is 0.740. The summed E-state index contributed by atoms with van der Waals surface area (Å²) in [6.07, 6.45) is 4.96. The molecule has 0 aromatic heterocycles. The van der Waals surface area contributed by atoms with E-state index in [1.165, 1.54) is 18.4 Å². The van der Waals surface area contributed by atoms with Gasteiger partial charge in [0.1, 0.15) is 0 Å². The van der Waals surface area contributed by atoms with E-state index in [0.717, 1.165) is 18.4 Å². The number of rotatable bonds is 2. The van der Waals surface area contributed by atoms with E-state index in [1.807, 2.05) is 12.1 Å². The first-order valence-electron chi connectivity index (χ1n) is 9.76. The SMILES string of the molecule is CC(C)(C)[Si](C)(C)O[C@@H]1CCCC2C[C@H]3NC(=O)c4ccccc4[C@@]231. The van der Waals surface area contributed by atoms with Crippen molar-refractivity contribution in [1.82, 2.24) is 5.32 Å². The number of carbonyl (C=O) groups excluding carboxylic acids is 1. The molecule has 2 aliphatic carbocycles. The normalized spacial score (nSPS) is 34.3. The summed E-state index contributed by atoms with van der Waals surface area (Å²) in [4.78, 5) is 12.6. The monoisotopic (exact) mass is 357 g/mol. The van der Waals surface area contributed by atoms with E-state index in [-0.39, 0.29) is 28.5 Å². The fraction of sp³-hybridized carbons (Fsp3) is 0.667. The molecule has 0 bridgehead atoms. The summed E-state index contributed by atoms with van der Waals surface area (Å²) in [7, 11) is -1.86. The van der Waals surface area contributed by atoms with Crippen molar-refractivity contribution >= 4 is 14.2 Å². The largest absolute Gasteiger partial charge is 0.413 e. The summed E-state index contributed by atoms with van der Waals surface area (Å²) >= 11 is 0. The van der Waals surface area contributed by atoms with Crippen LogP contribution in [-0.2, 0) is 9.84 Å². The van der Waals surface area contributed by atoms with Crippen LogP contribution in [0.1, 0.15) is 62.4 Å². The molecular formula is C21H31NO2Si. The van der Waals surface area contributed by atoms with Gasteiger partial charge in [0.05, 0.1) is 6.10 Å². The Kier molecular flexibility index (Phi) is 3.76. The lowest BCUT2D eigenvalue weighted by Gasteiger charge is -2.65. The first-order chi connectivity index (χ1) is 11.7. The first-order valence-corrected chi connectivity index (χ1v) is 12.7. The molecule has 3 nitrogen and oxygen atoms in total. The molecule has 136 valence electrons. The third kappa shape index (κ3) is 2.30. The fourth-order valence-corrected chi connectivity index (χ4v) is 6.55. The third-order valence-electron chi connectivity index (χ3n) is 7.51. The maximum absolute atomic E-state index is 12.6. The fourth-order valence-electron chi connectivity index (χ4n) is 5.17. The van der Waals surface area contributed by atoms with Gasteiger partial charge in [-0.2, -0.15) is 0 Å². The van der Waals surface area contributed by atoms with Crippen molar-refractivity contribution in [3.05, 3.63) is 35.4 Å². The zero-order valence-electron chi connectivity index (χ0n) is 16.2. The Morgan fingerprint density at radius 1 is 1.20 bits per heavy atom. The van der Waals surface area contributed by atoms with Crippen LogP contribution < -0.4 is 5.32 Å². The van der Waals surface area contributed by atoms with E-state index >= 15 is 0 Å². The second-order valence-electron chi connectivity index (χ2n) is 9.73. The molecule has 2 saturated carbocycles. The van der Waals surface area contributed by atoms with Crippen molar-refractivity contribution in [2.24, 2.45) is 5.92 Å². The lowest BCUT2D eigenvalue weighted by molar-refractivity contribution is -0.0796. The molecule has 0 radical (unpaired) electrons. The highest BCUT2D eigenvalue weighted by atomic mass is 28.4. The maximum atomic E-state index is 12.6. The van der Waals surface area contributed by atoms with E-state index in [9.17, 15) is 4.79 Å². The van der Waals surface area contributed by atoms with Gasteiger partial charge in [0.25, 0.3) is 5.91 Å². The zero-order valence-corrected chi connectivity index (χ0v) is 17.2. The average Bonchev–Trinajstić information content (AvgIpc) is 2.50. The average molecular weight is 358 g/mol. The Labute approximate surface area is 152 Å². The smallest absolute Gasteiger partial charge is 0.251 e. The van der Waals surface area contributed by atoms with Crippen LogP contribution in [-0.4, -0.2) is 26.4 Å². The Hall–Kier alpha value is -1.13. The predicted molar refractivity (Wildman–Crippen MR) is 103 cm³/mol. The molecule has 4 heteroatoms. The highest BCUT2D eigenvalue weighted by Gasteiger charge is 2.65. The number of fused-ring (bicyclic) bond motifs is 1. The van der Waals surface area contributed by atoms with Crippen LogP contribution in [0.15, 0.2) is 24.3 Å². The minimum atomic E-state index is -1.86. The van der Waals surface area contributed by atoms with Gasteiger partial charge >= 0.3 is 0 Å². The van der Waals surface area contributed by atoms with Gasteiger partial charge in [-0.05, 0) is 54.9 Å². The molecule has 25 heavy (non-hydrogen) atoms. The first kappa shape index (κ1) is 17.3. The number of hydrogen-bond donors (Lipinski definition) is 1. The van der Waals surface area contributed by atoms with Crippen LogP contribution in [0.3, 0.4) is 0 Å². The molecule has 3 aliphatic rings. The van der Waals surface area contributed by atoms with E-state index in [1.54, 1.807) is 0 Å². The van der Waals surface area contributed by atoms with Crippen LogP contribution in [0, 0.1) is 5.92 Å². The van der Waals surface area contributed by atoms with Gasteiger partial charge in [-0.15, -0.1) is 0 Å². The van der Waals surface area contributed by atoms with E-state index < -0.39 is 8.32 Å². The van der Waals surface area contributed by atoms with E-state index in [2.05, 4.69) is 51.3 Å². The quantitative estimate of drug-likeness (QED) is 0.784. The summed E-state index contributed by atoms with van der Waals surface area (Å²) in [5, 5.41) is 3.51. The van der Waals surface area contributed by atoms with Crippen LogP contribution in [0.5, 0.6) is 0 Å². The second kappa shape index (κ2) is 5.43. The molecule has 1 spiro atoms. The molecule has 0 saturated heterocycles. The molecule has 1 amide bonds. The van der Waals surface area contributed by atoms with Crippen LogP contribution in [0.2, 0.25) is 18.1 Å². The number of benzene rings is 1. The molecule has 1 N–H and O–H groups in total. The predicted octanol–water partition coefficient (Wildman–Crippen LogP) is 4.63. The zero-order chi connectivity index (χ0) is 18.0. The van der Waals surface area contributed by atoms with Crippen molar-refractivity contribution in [1.29, 1.82) is 0 Å². The molecular weight excluding hydrogens is 326 g/mol. The van der Waals surface area contributed by atoms with Gasteiger partial charge in [-0.3, -0.25) is 4.79 Å². The molecule has 1 heterocycles. The number of hydrogen-bond acceptors (Lipinski definition) is 2. The summed E-state index contributed by atoms with van der Waals surface area (Å²) in [6.45, 7) is 11.6. The lowest BCUT2D eigenvalue weighted by Crippen LogP contribution is -2.74. The van der Waals surface area contributed by atoms with E-state index in [0.29, 0.717) is 5.92 Å². The summed E-state index contributed by atoms with van der Waals surface area (Å²) < 4.78 is 7.02. The Morgan fingerprint density at radius 2 is 1.92 bits per heavy atom. The van der Waals surface area contributed by atoms with Crippen LogP contribution in [0.25, 0.3) is 0 Å². The summed E-state index contributed by atoms with van der Waals surface area (Å²) in [6, 6.07) is 8.51. The maximum Gasteiger partial charge on any atom is 0.251 e. The Balaban J connectivity index is 1.79. The minimum absolute atomic E-state index is 0.00171. The van der Waals surface area contributed by atoms with Crippen LogP contribution in [0.4, 0.5) is 0 Å². The van der Waals surface area contributed by atoms with Crippen LogP contribution >= 0.6 is 0 Å². The Morgan fingerprint density at radius 3 is 2.64 bits per heavy atom. The van der Waals surface area contributed by atoms with Gasteiger partial charge in [-0.25, -0.2) is 0 Å². The van der Waals surface area contributed by atoms with Gasteiger partial charge in [0, 0.05) is 17.0 Å². The minimum Gasteiger partial charge on any atom is -0.413 e. The molecule has 4 atom stereocenters. The van der Waals surface area contributed by atoms with Crippen molar-refractivity contribution in [3.63, 3.8) is 0 Å². The topological polar surface area (TPSA) is 38.3 Å².